The van der Waals surface area contributed by atoms with Crippen molar-refractivity contribution in [2.75, 3.05) is 38.4 Å². The quantitative estimate of drug-likeness (QED) is 0.236. The molecular formula is C35H34N10O4. The number of amides is 3. The van der Waals surface area contributed by atoms with Gasteiger partial charge in [-0.25, -0.2) is 24.5 Å². The molecule has 49 heavy (non-hydrogen) atoms. The number of aromatic nitrogens is 6. The van der Waals surface area contributed by atoms with Crippen molar-refractivity contribution in [3.63, 3.8) is 0 Å². The molecule has 0 saturated heterocycles. The second-order valence-electron chi connectivity index (χ2n) is 13.0. The van der Waals surface area contributed by atoms with Gasteiger partial charge in [-0.1, -0.05) is 12.1 Å². The van der Waals surface area contributed by atoms with E-state index in [1.165, 1.54) is 11.2 Å². The molecule has 5 heterocycles. The summed E-state index contributed by atoms with van der Waals surface area (Å²) < 4.78 is 7.47. The van der Waals surface area contributed by atoms with Crippen molar-refractivity contribution >= 4 is 40.7 Å². The molecule has 0 radical (unpaired) electrons. The lowest BCUT2D eigenvalue weighted by Gasteiger charge is -2.35. The van der Waals surface area contributed by atoms with Gasteiger partial charge in [-0.05, 0) is 55.5 Å². The summed E-state index contributed by atoms with van der Waals surface area (Å²) in [6.07, 6.45) is 8.47. The van der Waals surface area contributed by atoms with Gasteiger partial charge in [0.15, 0.2) is 23.0 Å². The molecule has 2 saturated carbocycles. The van der Waals surface area contributed by atoms with Crippen molar-refractivity contribution in [1.82, 2.24) is 39.3 Å². The van der Waals surface area contributed by atoms with Gasteiger partial charge in [-0.2, -0.15) is 0 Å². The van der Waals surface area contributed by atoms with Crippen LogP contribution in [0.4, 0.5) is 17.3 Å². The first-order valence-corrected chi connectivity index (χ1v) is 16.2. The van der Waals surface area contributed by atoms with Crippen molar-refractivity contribution in [2.24, 2.45) is 5.92 Å². The van der Waals surface area contributed by atoms with E-state index in [1.807, 2.05) is 29.2 Å². The van der Waals surface area contributed by atoms with E-state index in [4.69, 9.17) is 4.74 Å². The van der Waals surface area contributed by atoms with Crippen LogP contribution in [0.5, 0.6) is 5.75 Å². The van der Waals surface area contributed by atoms with Gasteiger partial charge in [-0.15, -0.1) is 5.10 Å². The van der Waals surface area contributed by atoms with Gasteiger partial charge in [0.1, 0.15) is 17.7 Å². The number of carbonyl (C=O) groups excluding carboxylic acids is 3. The van der Waals surface area contributed by atoms with Gasteiger partial charge >= 0.3 is 0 Å². The third-order valence-electron chi connectivity index (χ3n) is 9.33. The van der Waals surface area contributed by atoms with E-state index in [1.54, 1.807) is 56.3 Å². The standard InChI is InChI=1S/C35H34N10O4/c1-43(2)34(48)25-6-4-5-22(39-25)17-44-18-35(11-12-35)24-15-21(9-10-23(24)33(44)47)28-29(49-3)30(38-19-37-28)40-26-16-27(41-32(46)20-7-8-20)42-45-14-13-36-31(26)45/h4-6,9-10,13-16,19-20H,7-8,11-12,17-18H2,1-3H3,(H,37,38,40)(H,41,42,46). The van der Waals surface area contributed by atoms with Gasteiger partial charge in [0.2, 0.25) is 5.91 Å². The molecule has 3 amide bonds. The van der Waals surface area contributed by atoms with Crippen LogP contribution in [0.15, 0.2) is 61.2 Å². The first kappa shape index (κ1) is 30.4. The molecular weight excluding hydrogens is 624 g/mol. The molecule has 0 unspecified atom stereocenters. The van der Waals surface area contributed by atoms with Gasteiger partial charge in [0.25, 0.3) is 11.8 Å². The summed E-state index contributed by atoms with van der Waals surface area (Å²) in [7, 11) is 4.94. The second kappa shape index (κ2) is 11.6. The van der Waals surface area contributed by atoms with Crippen LogP contribution >= 0.6 is 0 Å². The average Bonchev–Trinajstić information content (AvgIpc) is 4.04. The fourth-order valence-corrected chi connectivity index (χ4v) is 6.46. The highest BCUT2D eigenvalue weighted by atomic mass is 16.5. The zero-order chi connectivity index (χ0) is 33.9. The highest BCUT2D eigenvalue weighted by Gasteiger charge is 2.51. The Balaban J connectivity index is 1.09. The Labute approximate surface area is 281 Å². The largest absolute Gasteiger partial charge is 0.491 e. The zero-order valence-corrected chi connectivity index (χ0v) is 27.3. The van der Waals surface area contributed by atoms with E-state index in [9.17, 15) is 14.4 Å². The van der Waals surface area contributed by atoms with Crippen LogP contribution in [0.1, 0.15) is 57.8 Å². The van der Waals surface area contributed by atoms with E-state index in [0.717, 1.165) is 36.8 Å². The number of hydrogen-bond acceptors (Lipinski definition) is 10. The van der Waals surface area contributed by atoms with Crippen molar-refractivity contribution < 1.29 is 19.1 Å². The minimum absolute atomic E-state index is 0.0278. The SMILES string of the molecule is COc1c(Nc2cc(NC(=O)C3CC3)nn3ccnc23)ncnc1-c1ccc2c(c1)C1(CC1)CN(Cc1cccc(C(=O)N(C)C)n1)C2=O. The summed E-state index contributed by atoms with van der Waals surface area (Å²) in [5, 5.41) is 10.7. The molecule has 8 rings (SSSR count). The lowest BCUT2D eigenvalue weighted by Crippen LogP contribution is -2.43. The highest BCUT2D eigenvalue weighted by molar-refractivity contribution is 5.99. The maximum Gasteiger partial charge on any atom is 0.271 e. The van der Waals surface area contributed by atoms with Gasteiger partial charge in [0, 0.05) is 61.6 Å². The number of pyridine rings is 1. The number of benzene rings is 1. The lowest BCUT2D eigenvalue weighted by molar-refractivity contribution is -0.117. The molecule has 3 aliphatic rings. The third-order valence-corrected chi connectivity index (χ3v) is 9.33. The van der Waals surface area contributed by atoms with Crippen LogP contribution in [-0.2, 0) is 16.8 Å². The predicted molar refractivity (Wildman–Crippen MR) is 180 cm³/mol. The fraction of sp³-hybridized carbons (Fsp3) is 0.314. The first-order chi connectivity index (χ1) is 23.7. The number of ether oxygens (including phenoxy) is 1. The minimum Gasteiger partial charge on any atom is -0.491 e. The summed E-state index contributed by atoms with van der Waals surface area (Å²) in [5.41, 5.74) is 4.99. The Morgan fingerprint density at radius 1 is 1.08 bits per heavy atom. The molecule has 1 aromatic carbocycles. The van der Waals surface area contributed by atoms with Gasteiger partial charge in [-0.3, -0.25) is 14.4 Å². The van der Waals surface area contributed by atoms with Gasteiger partial charge < -0.3 is 25.2 Å². The lowest BCUT2D eigenvalue weighted by atomic mass is 9.84. The smallest absolute Gasteiger partial charge is 0.271 e. The van der Waals surface area contributed by atoms with Crippen LogP contribution in [-0.4, -0.2) is 84.8 Å². The van der Waals surface area contributed by atoms with E-state index in [0.29, 0.717) is 64.5 Å². The van der Waals surface area contributed by atoms with Gasteiger partial charge in [0.05, 0.1) is 25.0 Å². The monoisotopic (exact) mass is 658 g/mol. The molecule has 248 valence electrons. The number of carbonyl (C=O) groups is 3. The Morgan fingerprint density at radius 3 is 2.67 bits per heavy atom. The number of nitrogens with one attached hydrogen (secondary N) is 2. The Hall–Kier alpha value is -5.92. The summed E-state index contributed by atoms with van der Waals surface area (Å²) in [5.74, 6) is 0.940. The minimum atomic E-state index is -0.181. The van der Waals surface area contributed by atoms with Crippen molar-refractivity contribution in [2.45, 2.75) is 37.6 Å². The van der Waals surface area contributed by atoms with Crippen LogP contribution in [0.2, 0.25) is 0 Å². The molecule has 14 heteroatoms. The van der Waals surface area contributed by atoms with E-state index >= 15 is 0 Å². The number of methoxy groups -OCH3 is 1. The summed E-state index contributed by atoms with van der Waals surface area (Å²) in [6.45, 7) is 0.876. The molecule has 1 spiro atoms. The van der Waals surface area contributed by atoms with Crippen LogP contribution < -0.4 is 15.4 Å². The third kappa shape index (κ3) is 5.58. The normalized spacial score (nSPS) is 16.0. The highest BCUT2D eigenvalue weighted by Crippen LogP contribution is 2.53. The number of imidazole rings is 1. The molecule has 14 nitrogen and oxygen atoms in total. The molecule has 5 aromatic rings. The number of anilines is 3. The van der Waals surface area contributed by atoms with E-state index in [2.05, 4.69) is 35.7 Å². The molecule has 2 aliphatic carbocycles. The van der Waals surface area contributed by atoms with Crippen molar-refractivity contribution in [3.05, 3.63) is 83.7 Å². The molecule has 4 aromatic heterocycles. The molecule has 2 fully saturated rings. The number of rotatable bonds is 9. The number of hydrogen-bond donors (Lipinski definition) is 2. The topological polar surface area (TPSA) is 160 Å². The van der Waals surface area contributed by atoms with Crippen molar-refractivity contribution in [3.8, 4) is 17.0 Å². The fourth-order valence-electron chi connectivity index (χ4n) is 6.46. The van der Waals surface area contributed by atoms with Crippen molar-refractivity contribution in [1.29, 1.82) is 0 Å². The maximum atomic E-state index is 13.8. The molecule has 0 atom stereocenters. The Kier molecular flexibility index (Phi) is 7.23. The predicted octanol–water partition coefficient (Wildman–Crippen LogP) is 4.07. The van der Waals surface area contributed by atoms with Crippen LogP contribution in [0, 0.1) is 5.92 Å². The Morgan fingerprint density at radius 2 is 1.92 bits per heavy atom. The van der Waals surface area contributed by atoms with Crippen LogP contribution in [0.25, 0.3) is 16.9 Å². The molecule has 1 aliphatic heterocycles. The summed E-state index contributed by atoms with van der Waals surface area (Å²) in [6, 6.07) is 12.8. The van der Waals surface area contributed by atoms with E-state index in [-0.39, 0.29) is 29.1 Å². The van der Waals surface area contributed by atoms with E-state index < -0.39 is 0 Å². The molecule has 0 bridgehead atoms. The summed E-state index contributed by atoms with van der Waals surface area (Å²) in [4.78, 5) is 60.2. The number of nitrogens with zero attached hydrogens (tertiary/aromatic N) is 8. The maximum absolute atomic E-state index is 13.8. The first-order valence-electron chi connectivity index (χ1n) is 16.2. The molecule has 2 N–H and O–H groups in total. The number of fused-ring (bicyclic) bond motifs is 3. The second-order valence-corrected chi connectivity index (χ2v) is 13.0. The average molecular weight is 659 g/mol. The Bertz CT molecular complexity index is 2150. The van der Waals surface area contributed by atoms with Crippen LogP contribution in [0.3, 0.4) is 0 Å². The summed E-state index contributed by atoms with van der Waals surface area (Å²) >= 11 is 0. The zero-order valence-electron chi connectivity index (χ0n) is 27.3.